The van der Waals surface area contributed by atoms with Gasteiger partial charge in [-0.1, -0.05) is 23.7 Å². The van der Waals surface area contributed by atoms with Crippen molar-refractivity contribution in [3.63, 3.8) is 0 Å². The van der Waals surface area contributed by atoms with Crippen molar-refractivity contribution in [2.45, 2.75) is 24.4 Å². The summed E-state index contributed by atoms with van der Waals surface area (Å²) in [4.78, 5) is 15.8. The number of ether oxygens (including phenoxy) is 1. The molecule has 0 bridgehead atoms. The molecule has 1 heterocycles. The van der Waals surface area contributed by atoms with E-state index in [1.54, 1.807) is 24.3 Å². The van der Waals surface area contributed by atoms with Crippen LogP contribution in [0.5, 0.6) is 5.75 Å². The van der Waals surface area contributed by atoms with Gasteiger partial charge in [-0.2, -0.15) is 13.2 Å². The quantitative estimate of drug-likeness (QED) is 0.787. The zero-order valence-electron chi connectivity index (χ0n) is 14.1. The first-order valence-electron chi connectivity index (χ1n) is 8.00. The van der Waals surface area contributed by atoms with E-state index < -0.39 is 23.6 Å². The lowest BCUT2D eigenvalue weighted by molar-refractivity contribution is -0.137. The summed E-state index contributed by atoms with van der Waals surface area (Å²) in [5, 5.41) is 10.2. The zero-order chi connectivity index (χ0) is 19.8. The van der Waals surface area contributed by atoms with Crippen LogP contribution in [0.1, 0.15) is 35.1 Å². The summed E-state index contributed by atoms with van der Waals surface area (Å²) < 4.78 is 43.7. The summed E-state index contributed by atoms with van der Waals surface area (Å²) in [6.45, 7) is 0. The van der Waals surface area contributed by atoms with E-state index in [-0.39, 0.29) is 28.7 Å². The van der Waals surface area contributed by atoms with Gasteiger partial charge in [-0.3, -0.25) is 9.78 Å². The Morgan fingerprint density at radius 3 is 2.48 bits per heavy atom. The molecule has 0 saturated heterocycles. The molecule has 2 aromatic rings. The van der Waals surface area contributed by atoms with Gasteiger partial charge in [0, 0.05) is 24.6 Å². The Bertz CT molecular complexity index is 894. The Labute approximate surface area is 158 Å². The molecule has 0 amide bonds. The molecule has 4 nitrogen and oxygen atoms in total. The molecule has 0 radical (unpaired) electrons. The fraction of sp³-hybridized carbons (Fsp3) is 0.263. The molecule has 1 N–H and O–H groups in total. The largest absolute Gasteiger partial charge is 0.511 e. The fourth-order valence-corrected chi connectivity index (χ4v) is 3.46. The second kappa shape index (κ2) is 7.23. The van der Waals surface area contributed by atoms with E-state index >= 15 is 0 Å². The smallest absolute Gasteiger partial charge is 0.417 e. The SMILES string of the molecule is COc1ccc([C@@H]2CC(=O)C=C(O)[C@H]2c2ncc(C(F)(F)F)cc2Cl)cc1. The van der Waals surface area contributed by atoms with Crippen LogP contribution in [0, 0.1) is 0 Å². The van der Waals surface area contributed by atoms with Gasteiger partial charge in [0.2, 0.25) is 0 Å². The Kier molecular flexibility index (Phi) is 5.15. The molecular formula is C19H15ClF3NO3. The lowest BCUT2D eigenvalue weighted by atomic mass is 9.75. The van der Waals surface area contributed by atoms with Gasteiger partial charge in [-0.15, -0.1) is 0 Å². The van der Waals surface area contributed by atoms with E-state index in [0.29, 0.717) is 17.5 Å². The summed E-state index contributed by atoms with van der Waals surface area (Å²) in [5.41, 5.74) is -0.175. The van der Waals surface area contributed by atoms with E-state index in [4.69, 9.17) is 16.3 Å². The molecule has 0 unspecified atom stereocenters. The van der Waals surface area contributed by atoms with Crippen LogP contribution in [-0.4, -0.2) is 23.0 Å². The summed E-state index contributed by atoms with van der Waals surface area (Å²) >= 11 is 6.07. The number of aliphatic hydroxyl groups excluding tert-OH is 1. The minimum Gasteiger partial charge on any atom is -0.511 e. The highest BCUT2D eigenvalue weighted by Crippen LogP contribution is 2.45. The first kappa shape index (κ1) is 19.2. The van der Waals surface area contributed by atoms with Gasteiger partial charge < -0.3 is 9.84 Å². The number of alkyl halides is 3. The average molecular weight is 398 g/mol. The maximum atomic E-state index is 12.9. The highest BCUT2D eigenvalue weighted by atomic mass is 35.5. The van der Waals surface area contributed by atoms with E-state index in [1.807, 2.05) is 0 Å². The number of halogens is 4. The minimum absolute atomic E-state index is 0.0695. The predicted octanol–water partition coefficient (Wildman–Crippen LogP) is 5.04. The molecule has 0 aliphatic heterocycles. The predicted molar refractivity (Wildman–Crippen MR) is 93.1 cm³/mol. The highest BCUT2D eigenvalue weighted by molar-refractivity contribution is 6.31. The molecule has 8 heteroatoms. The molecule has 0 fully saturated rings. The number of methoxy groups -OCH3 is 1. The Morgan fingerprint density at radius 2 is 1.93 bits per heavy atom. The van der Waals surface area contributed by atoms with E-state index in [9.17, 15) is 23.1 Å². The molecule has 142 valence electrons. The van der Waals surface area contributed by atoms with Crippen LogP contribution in [0.15, 0.2) is 48.4 Å². The number of aliphatic hydroxyl groups is 1. The van der Waals surface area contributed by atoms with Crippen LogP contribution in [0.4, 0.5) is 13.2 Å². The van der Waals surface area contributed by atoms with Crippen LogP contribution < -0.4 is 4.74 Å². The summed E-state index contributed by atoms with van der Waals surface area (Å²) in [6.07, 6.45) is -2.76. The highest BCUT2D eigenvalue weighted by Gasteiger charge is 2.38. The van der Waals surface area contributed by atoms with Crippen molar-refractivity contribution < 1.29 is 27.8 Å². The lowest BCUT2D eigenvalue weighted by Crippen LogP contribution is -2.23. The van der Waals surface area contributed by atoms with Crippen molar-refractivity contribution in [2.24, 2.45) is 0 Å². The molecular weight excluding hydrogens is 383 g/mol. The van der Waals surface area contributed by atoms with Crippen LogP contribution in [-0.2, 0) is 11.0 Å². The molecule has 1 aromatic heterocycles. The van der Waals surface area contributed by atoms with Crippen molar-refractivity contribution >= 4 is 17.4 Å². The van der Waals surface area contributed by atoms with E-state index in [2.05, 4.69) is 4.98 Å². The number of rotatable bonds is 3. The van der Waals surface area contributed by atoms with Crippen LogP contribution in [0.3, 0.4) is 0 Å². The topological polar surface area (TPSA) is 59.4 Å². The Balaban J connectivity index is 2.06. The van der Waals surface area contributed by atoms with Crippen molar-refractivity contribution in [2.75, 3.05) is 7.11 Å². The zero-order valence-corrected chi connectivity index (χ0v) is 14.9. The van der Waals surface area contributed by atoms with Crippen molar-refractivity contribution in [1.29, 1.82) is 0 Å². The van der Waals surface area contributed by atoms with Crippen LogP contribution in [0.2, 0.25) is 5.02 Å². The number of allylic oxidation sites excluding steroid dienone is 2. The molecule has 0 spiro atoms. The van der Waals surface area contributed by atoms with Gasteiger partial charge in [0.25, 0.3) is 0 Å². The van der Waals surface area contributed by atoms with E-state index in [1.165, 1.54) is 7.11 Å². The van der Waals surface area contributed by atoms with Gasteiger partial charge >= 0.3 is 6.18 Å². The third-order valence-electron chi connectivity index (χ3n) is 4.49. The van der Waals surface area contributed by atoms with Gasteiger partial charge in [0.15, 0.2) is 5.78 Å². The Hall–Kier alpha value is -2.54. The maximum absolute atomic E-state index is 12.9. The first-order valence-corrected chi connectivity index (χ1v) is 8.38. The molecule has 1 aromatic carbocycles. The van der Waals surface area contributed by atoms with Gasteiger partial charge in [0.1, 0.15) is 11.5 Å². The van der Waals surface area contributed by atoms with Gasteiger partial charge in [-0.05, 0) is 23.8 Å². The third kappa shape index (κ3) is 3.93. The number of ketones is 1. The number of nitrogens with zero attached hydrogens (tertiary/aromatic N) is 1. The summed E-state index contributed by atoms with van der Waals surface area (Å²) in [6, 6.07) is 7.65. The number of hydrogen-bond donors (Lipinski definition) is 1. The van der Waals surface area contributed by atoms with Crippen molar-refractivity contribution in [3.05, 3.63) is 70.2 Å². The van der Waals surface area contributed by atoms with E-state index in [0.717, 1.165) is 12.1 Å². The molecule has 0 saturated carbocycles. The number of pyridine rings is 1. The van der Waals surface area contributed by atoms with Crippen LogP contribution in [0.25, 0.3) is 0 Å². The van der Waals surface area contributed by atoms with Gasteiger partial charge in [0.05, 0.1) is 29.3 Å². The monoisotopic (exact) mass is 397 g/mol. The van der Waals surface area contributed by atoms with Crippen molar-refractivity contribution in [3.8, 4) is 5.75 Å². The van der Waals surface area contributed by atoms with Crippen molar-refractivity contribution in [1.82, 2.24) is 4.98 Å². The molecule has 3 rings (SSSR count). The third-order valence-corrected chi connectivity index (χ3v) is 4.79. The summed E-state index contributed by atoms with van der Waals surface area (Å²) in [5.74, 6) is -1.29. The fourth-order valence-electron chi connectivity index (χ4n) is 3.18. The average Bonchev–Trinajstić information content (AvgIpc) is 2.61. The molecule has 1 aliphatic rings. The second-order valence-corrected chi connectivity index (χ2v) is 6.59. The number of aromatic nitrogens is 1. The number of hydrogen-bond acceptors (Lipinski definition) is 4. The Morgan fingerprint density at radius 1 is 1.26 bits per heavy atom. The first-order chi connectivity index (χ1) is 12.7. The normalized spacial score (nSPS) is 20.3. The van der Waals surface area contributed by atoms with Gasteiger partial charge in [-0.25, -0.2) is 0 Å². The second-order valence-electron chi connectivity index (χ2n) is 6.19. The molecule has 27 heavy (non-hydrogen) atoms. The maximum Gasteiger partial charge on any atom is 0.417 e. The molecule has 1 aliphatic carbocycles. The number of carbonyl (C=O) groups excluding carboxylic acids is 1. The summed E-state index contributed by atoms with van der Waals surface area (Å²) in [7, 11) is 1.52. The minimum atomic E-state index is -4.58. The number of carbonyl (C=O) groups is 1. The van der Waals surface area contributed by atoms with Crippen LogP contribution >= 0.6 is 11.6 Å². The molecule has 2 atom stereocenters. The lowest BCUT2D eigenvalue weighted by Gasteiger charge is -2.30. The standard InChI is InChI=1S/C19H15ClF3NO3/c1-27-13-4-2-10(3-5-13)14-7-12(25)8-16(26)17(14)18-15(20)6-11(9-24-18)19(21,22)23/h2-6,8-9,14,17,26H,7H2,1H3/t14-,17-/m0/s1. The number of benzene rings is 1.